The zero-order valence-corrected chi connectivity index (χ0v) is 8.81. The molecule has 82 valence electrons. The molecule has 4 nitrogen and oxygen atoms in total. The van der Waals surface area contributed by atoms with Crippen molar-refractivity contribution < 1.29 is 9.94 Å². The summed E-state index contributed by atoms with van der Waals surface area (Å²) in [7, 11) is 0. The highest BCUT2D eigenvalue weighted by molar-refractivity contribution is 5.82. The van der Waals surface area contributed by atoms with Crippen LogP contribution in [-0.4, -0.2) is 17.6 Å². The lowest BCUT2D eigenvalue weighted by molar-refractivity contribution is 0.133. The number of nitrogens with zero attached hydrogens (tertiary/aromatic N) is 1. The zero-order valence-electron chi connectivity index (χ0n) is 8.81. The molecule has 0 unspecified atom stereocenters. The van der Waals surface area contributed by atoms with Crippen LogP contribution in [0.1, 0.15) is 18.1 Å². The van der Waals surface area contributed by atoms with Gasteiger partial charge in [0.15, 0.2) is 0 Å². The quantitative estimate of drug-likeness (QED) is 0.333. The van der Waals surface area contributed by atoms with E-state index in [1.54, 1.807) is 0 Å². The van der Waals surface area contributed by atoms with Gasteiger partial charge in [-0.1, -0.05) is 29.4 Å². The van der Waals surface area contributed by atoms with Gasteiger partial charge < -0.3 is 15.7 Å². The molecular formula is C11H16N2O2. The van der Waals surface area contributed by atoms with E-state index in [1.165, 1.54) is 0 Å². The second-order valence-corrected chi connectivity index (χ2v) is 3.17. The van der Waals surface area contributed by atoms with E-state index < -0.39 is 0 Å². The van der Waals surface area contributed by atoms with Gasteiger partial charge in [0.05, 0.1) is 6.61 Å². The van der Waals surface area contributed by atoms with Gasteiger partial charge in [0.2, 0.25) is 0 Å². The summed E-state index contributed by atoms with van der Waals surface area (Å²) in [6.07, 6.45) is 0.444. The molecule has 0 aliphatic carbocycles. The molecule has 0 amide bonds. The zero-order chi connectivity index (χ0) is 11.1. The third-order valence-electron chi connectivity index (χ3n) is 2.08. The fourth-order valence-corrected chi connectivity index (χ4v) is 1.31. The van der Waals surface area contributed by atoms with Crippen LogP contribution in [0.3, 0.4) is 0 Å². The summed E-state index contributed by atoms with van der Waals surface area (Å²) in [4.78, 5) is 0. The second-order valence-electron chi connectivity index (χ2n) is 3.17. The smallest absolute Gasteiger partial charge is 0.143 e. The standard InChI is InChI=1S/C11H16N2O2/c1-2-15-8-10-6-4-3-5-9(10)7-11(12)13-14/h3-6,14H,2,7-8H2,1H3,(H2,12,13). The van der Waals surface area contributed by atoms with E-state index in [-0.39, 0.29) is 5.84 Å². The molecule has 1 aromatic rings. The van der Waals surface area contributed by atoms with E-state index in [2.05, 4.69) is 5.16 Å². The Kier molecular flexibility index (Phi) is 4.63. The molecule has 0 radical (unpaired) electrons. The van der Waals surface area contributed by atoms with Crippen LogP contribution < -0.4 is 5.73 Å². The van der Waals surface area contributed by atoms with E-state index in [0.29, 0.717) is 19.6 Å². The maximum absolute atomic E-state index is 8.49. The van der Waals surface area contributed by atoms with Crippen molar-refractivity contribution >= 4 is 5.84 Å². The third-order valence-corrected chi connectivity index (χ3v) is 2.08. The van der Waals surface area contributed by atoms with Gasteiger partial charge in [0.25, 0.3) is 0 Å². The summed E-state index contributed by atoms with van der Waals surface area (Å²) in [6, 6.07) is 7.81. The Morgan fingerprint density at radius 2 is 2.07 bits per heavy atom. The Balaban J connectivity index is 2.76. The van der Waals surface area contributed by atoms with Crippen LogP contribution in [0.15, 0.2) is 29.4 Å². The molecule has 15 heavy (non-hydrogen) atoms. The van der Waals surface area contributed by atoms with E-state index in [0.717, 1.165) is 11.1 Å². The number of ether oxygens (including phenoxy) is 1. The van der Waals surface area contributed by atoms with Crippen molar-refractivity contribution in [2.75, 3.05) is 6.61 Å². The molecule has 0 saturated carbocycles. The summed E-state index contributed by atoms with van der Waals surface area (Å²) in [5, 5.41) is 11.5. The fourth-order valence-electron chi connectivity index (χ4n) is 1.31. The molecule has 3 N–H and O–H groups in total. The number of amidine groups is 1. The van der Waals surface area contributed by atoms with Gasteiger partial charge in [0, 0.05) is 13.0 Å². The lowest BCUT2D eigenvalue weighted by Gasteiger charge is -2.08. The van der Waals surface area contributed by atoms with Crippen molar-refractivity contribution in [3.8, 4) is 0 Å². The number of hydrogen-bond donors (Lipinski definition) is 2. The van der Waals surface area contributed by atoms with E-state index >= 15 is 0 Å². The van der Waals surface area contributed by atoms with Gasteiger partial charge in [-0.05, 0) is 18.1 Å². The molecule has 4 heteroatoms. The van der Waals surface area contributed by atoms with Crippen LogP contribution in [0, 0.1) is 0 Å². The Morgan fingerprint density at radius 1 is 1.40 bits per heavy atom. The van der Waals surface area contributed by atoms with Crippen LogP contribution in [-0.2, 0) is 17.8 Å². The van der Waals surface area contributed by atoms with Crippen molar-refractivity contribution in [3.05, 3.63) is 35.4 Å². The van der Waals surface area contributed by atoms with Crippen molar-refractivity contribution in [2.24, 2.45) is 10.9 Å². The molecule has 0 spiro atoms. The summed E-state index contributed by atoms with van der Waals surface area (Å²) >= 11 is 0. The Bertz CT molecular complexity index is 337. The van der Waals surface area contributed by atoms with Crippen molar-refractivity contribution in [2.45, 2.75) is 20.0 Å². The summed E-state index contributed by atoms with van der Waals surface area (Å²) in [5.74, 6) is 0.207. The van der Waals surface area contributed by atoms with Crippen LogP contribution in [0.5, 0.6) is 0 Å². The van der Waals surface area contributed by atoms with E-state index in [9.17, 15) is 0 Å². The first-order valence-electron chi connectivity index (χ1n) is 4.88. The molecule has 0 atom stereocenters. The molecule has 0 saturated heterocycles. The molecule has 1 aromatic carbocycles. The Labute approximate surface area is 89.4 Å². The number of rotatable bonds is 5. The highest BCUT2D eigenvalue weighted by Gasteiger charge is 2.03. The monoisotopic (exact) mass is 208 g/mol. The molecule has 0 heterocycles. The van der Waals surface area contributed by atoms with Crippen LogP contribution >= 0.6 is 0 Å². The van der Waals surface area contributed by atoms with Crippen LogP contribution in [0.2, 0.25) is 0 Å². The highest BCUT2D eigenvalue weighted by atomic mass is 16.5. The number of benzene rings is 1. The average molecular weight is 208 g/mol. The number of nitrogens with two attached hydrogens (primary N) is 1. The highest BCUT2D eigenvalue weighted by Crippen LogP contribution is 2.10. The molecule has 0 aliphatic heterocycles. The van der Waals surface area contributed by atoms with Gasteiger partial charge in [0.1, 0.15) is 5.84 Å². The lowest BCUT2D eigenvalue weighted by atomic mass is 10.0. The fraction of sp³-hybridized carbons (Fsp3) is 0.364. The van der Waals surface area contributed by atoms with E-state index in [1.807, 2.05) is 31.2 Å². The second kappa shape index (κ2) is 6.03. The van der Waals surface area contributed by atoms with Crippen molar-refractivity contribution in [1.29, 1.82) is 0 Å². The maximum atomic E-state index is 8.49. The molecule has 1 rings (SSSR count). The normalized spacial score (nSPS) is 11.7. The molecule has 0 fully saturated rings. The van der Waals surface area contributed by atoms with Gasteiger partial charge in [-0.2, -0.15) is 0 Å². The van der Waals surface area contributed by atoms with Gasteiger partial charge in [-0.25, -0.2) is 0 Å². The van der Waals surface area contributed by atoms with Crippen molar-refractivity contribution in [3.63, 3.8) is 0 Å². The topological polar surface area (TPSA) is 67.8 Å². The number of hydrogen-bond acceptors (Lipinski definition) is 3. The number of oxime groups is 1. The molecule has 0 aromatic heterocycles. The molecular weight excluding hydrogens is 192 g/mol. The predicted molar refractivity (Wildman–Crippen MR) is 58.9 cm³/mol. The van der Waals surface area contributed by atoms with Crippen LogP contribution in [0.25, 0.3) is 0 Å². The van der Waals surface area contributed by atoms with Gasteiger partial charge in [-0.15, -0.1) is 0 Å². The summed E-state index contributed by atoms with van der Waals surface area (Å²) < 4.78 is 5.33. The minimum atomic E-state index is 0.207. The van der Waals surface area contributed by atoms with Gasteiger partial charge >= 0.3 is 0 Å². The SMILES string of the molecule is CCOCc1ccccc1C/C(N)=N/O. The minimum Gasteiger partial charge on any atom is -0.409 e. The minimum absolute atomic E-state index is 0.207. The summed E-state index contributed by atoms with van der Waals surface area (Å²) in [5.41, 5.74) is 7.57. The van der Waals surface area contributed by atoms with Gasteiger partial charge in [-0.3, -0.25) is 0 Å². The van der Waals surface area contributed by atoms with Crippen molar-refractivity contribution in [1.82, 2.24) is 0 Å². The first-order valence-corrected chi connectivity index (χ1v) is 4.88. The average Bonchev–Trinajstić information content (AvgIpc) is 2.28. The molecule has 0 aliphatic rings. The first kappa shape index (κ1) is 11.5. The lowest BCUT2D eigenvalue weighted by Crippen LogP contribution is -2.16. The summed E-state index contributed by atoms with van der Waals surface area (Å²) in [6.45, 7) is 3.19. The largest absolute Gasteiger partial charge is 0.409 e. The first-order chi connectivity index (χ1) is 7.27. The Hall–Kier alpha value is -1.55. The Morgan fingerprint density at radius 3 is 2.67 bits per heavy atom. The van der Waals surface area contributed by atoms with Crippen LogP contribution in [0.4, 0.5) is 0 Å². The van der Waals surface area contributed by atoms with E-state index in [4.69, 9.17) is 15.7 Å². The third kappa shape index (κ3) is 3.59. The molecule has 0 bridgehead atoms. The predicted octanol–water partition coefficient (Wildman–Crippen LogP) is 1.51. The maximum Gasteiger partial charge on any atom is 0.143 e.